The summed E-state index contributed by atoms with van der Waals surface area (Å²) < 4.78 is 0. The highest BCUT2D eigenvalue weighted by molar-refractivity contribution is 5.53. The first-order chi connectivity index (χ1) is 6.88. The van der Waals surface area contributed by atoms with Gasteiger partial charge in [-0.05, 0) is 30.1 Å². The fraction of sp³-hybridized carbons (Fsp3) is 0.154. The fourth-order valence-corrected chi connectivity index (χ4v) is 1.56. The molecule has 1 aliphatic carbocycles. The molecule has 1 aromatic carbocycles. The van der Waals surface area contributed by atoms with Crippen LogP contribution >= 0.6 is 0 Å². The van der Waals surface area contributed by atoms with Crippen LogP contribution in [0.25, 0.3) is 6.08 Å². The Labute approximate surface area is 83.6 Å². The Morgan fingerprint density at radius 1 is 1.29 bits per heavy atom. The lowest BCUT2D eigenvalue weighted by molar-refractivity contribution is 1.06. The summed E-state index contributed by atoms with van der Waals surface area (Å²) in [5, 5.41) is 8.97. The lowest BCUT2D eigenvalue weighted by atomic mass is 10.2. The maximum Gasteiger partial charge on any atom is 0.126 e. The molecule has 1 aromatic rings. The highest BCUT2D eigenvalue weighted by atomic mass is 14.3. The third-order valence-electron chi connectivity index (χ3n) is 2.32. The molecule has 0 radical (unpaired) electrons. The molecule has 0 saturated heterocycles. The number of nitrogens with one attached hydrogen (secondary N) is 1. The van der Waals surface area contributed by atoms with Gasteiger partial charge >= 0.3 is 0 Å². The molecule has 2 rings (SSSR count). The SMILES string of the molecule is N=C=c1ccc(=CC2=CCC[CH+]2)cc1. The first-order valence-corrected chi connectivity index (χ1v) is 4.79. The van der Waals surface area contributed by atoms with Gasteiger partial charge in [0.2, 0.25) is 0 Å². The predicted octanol–water partition coefficient (Wildman–Crippen LogP) is 1.31. The Kier molecular flexibility index (Phi) is 2.53. The van der Waals surface area contributed by atoms with Crippen molar-refractivity contribution in [3.05, 3.63) is 52.8 Å². The molecular weight excluding hydrogens is 170 g/mol. The van der Waals surface area contributed by atoms with E-state index in [4.69, 9.17) is 5.41 Å². The van der Waals surface area contributed by atoms with E-state index < -0.39 is 0 Å². The van der Waals surface area contributed by atoms with E-state index in [2.05, 4.69) is 24.4 Å². The lowest BCUT2D eigenvalue weighted by Gasteiger charge is -1.83. The van der Waals surface area contributed by atoms with Crippen LogP contribution in [0.1, 0.15) is 12.8 Å². The number of benzene rings is 1. The molecule has 1 heteroatoms. The van der Waals surface area contributed by atoms with Crippen LogP contribution in [0.4, 0.5) is 0 Å². The largest absolute Gasteiger partial charge is 0.258 e. The van der Waals surface area contributed by atoms with Crippen LogP contribution < -0.4 is 10.4 Å². The summed E-state index contributed by atoms with van der Waals surface area (Å²) in [5.74, 6) is 2.36. The van der Waals surface area contributed by atoms with Crippen LogP contribution in [0.3, 0.4) is 0 Å². The first-order valence-electron chi connectivity index (χ1n) is 4.79. The van der Waals surface area contributed by atoms with Gasteiger partial charge in [0, 0.05) is 35.8 Å². The maximum atomic E-state index is 6.96. The van der Waals surface area contributed by atoms with Crippen molar-refractivity contribution in [1.29, 1.82) is 5.41 Å². The van der Waals surface area contributed by atoms with Gasteiger partial charge in [-0.2, -0.15) is 0 Å². The Hall–Kier alpha value is -1.72. The van der Waals surface area contributed by atoms with Crippen LogP contribution in [-0.4, -0.2) is 5.87 Å². The van der Waals surface area contributed by atoms with Gasteiger partial charge in [-0.1, -0.05) is 0 Å². The van der Waals surface area contributed by atoms with Gasteiger partial charge in [-0.25, -0.2) is 0 Å². The molecule has 14 heavy (non-hydrogen) atoms. The molecule has 68 valence electrons. The molecule has 1 N–H and O–H groups in total. The zero-order valence-corrected chi connectivity index (χ0v) is 7.96. The highest BCUT2D eigenvalue weighted by Crippen LogP contribution is 2.16. The van der Waals surface area contributed by atoms with Gasteiger partial charge in [-0.3, -0.25) is 5.41 Å². The summed E-state index contributed by atoms with van der Waals surface area (Å²) in [7, 11) is 0. The number of hydrogen-bond donors (Lipinski definition) is 1. The summed E-state index contributed by atoms with van der Waals surface area (Å²) in [4.78, 5) is 0. The summed E-state index contributed by atoms with van der Waals surface area (Å²) in [6.45, 7) is 0. The van der Waals surface area contributed by atoms with Crippen molar-refractivity contribution in [3.63, 3.8) is 0 Å². The van der Waals surface area contributed by atoms with Crippen molar-refractivity contribution in [2.24, 2.45) is 0 Å². The van der Waals surface area contributed by atoms with Gasteiger partial charge < -0.3 is 0 Å². The molecular formula is C13H12N+. The highest BCUT2D eigenvalue weighted by Gasteiger charge is 2.09. The van der Waals surface area contributed by atoms with Gasteiger partial charge in [-0.15, -0.1) is 0 Å². The molecule has 0 bridgehead atoms. The Morgan fingerprint density at radius 3 is 2.64 bits per heavy atom. The number of allylic oxidation sites excluding steroid dienone is 2. The zero-order chi connectivity index (χ0) is 9.80. The van der Waals surface area contributed by atoms with E-state index in [0.717, 1.165) is 18.1 Å². The lowest BCUT2D eigenvalue weighted by Crippen LogP contribution is -2.07. The molecule has 0 aromatic heterocycles. The summed E-state index contributed by atoms with van der Waals surface area (Å²) >= 11 is 0. The van der Waals surface area contributed by atoms with Gasteiger partial charge in [0.25, 0.3) is 0 Å². The minimum atomic E-state index is 0.825. The second-order valence-electron chi connectivity index (χ2n) is 3.38. The molecule has 0 unspecified atom stereocenters. The summed E-state index contributed by atoms with van der Waals surface area (Å²) in [6.07, 6.45) is 8.99. The number of rotatable bonds is 1. The Morgan fingerprint density at radius 2 is 2.07 bits per heavy atom. The molecule has 0 heterocycles. The smallest absolute Gasteiger partial charge is 0.126 e. The third-order valence-corrected chi connectivity index (χ3v) is 2.32. The number of hydrogen-bond acceptors (Lipinski definition) is 1. The van der Waals surface area contributed by atoms with E-state index in [1.54, 1.807) is 0 Å². The van der Waals surface area contributed by atoms with Gasteiger partial charge in [0.05, 0.1) is 6.08 Å². The first kappa shape index (κ1) is 8.86. The van der Waals surface area contributed by atoms with E-state index in [1.807, 2.05) is 24.3 Å². The normalized spacial score (nSPS) is 14.1. The standard InChI is InChI=1S/C13H12N/c14-10-13-7-5-12(6-8-13)9-11-3-1-2-4-11/h3-9,14H,1-2H2/q+1. The monoisotopic (exact) mass is 182 g/mol. The second-order valence-corrected chi connectivity index (χ2v) is 3.38. The Balaban J connectivity index is 2.37. The topological polar surface area (TPSA) is 23.9 Å². The van der Waals surface area contributed by atoms with Crippen molar-refractivity contribution in [2.45, 2.75) is 12.8 Å². The van der Waals surface area contributed by atoms with Crippen molar-refractivity contribution in [2.75, 3.05) is 0 Å². The molecule has 0 spiro atoms. The quantitative estimate of drug-likeness (QED) is 0.500. The average Bonchev–Trinajstić information content (AvgIpc) is 2.72. The maximum absolute atomic E-state index is 6.96. The zero-order valence-electron chi connectivity index (χ0n) is 7.96. The molecule has 0 fully saturated rings. The van der Waals surface area contributed by atoms with Crippen LogP contribution in [-0.2, 0) is 0 Å². The van der Waals surface area contributed by atoms with Gasteiger partial charge in [0.15, 0.2) is 0 Å². The summed E-state index contributed by atoms with van der Waals surface area (Å²) in [6, 6.07) is 7.86. The van der Waals surface area contributed by atoms with E-state index in [0.29, 0.717) is 0 Å². The van der Waals surface area contributed by atoms with Gasteiger partial charge in [0.1, 0.15) is 5.57 Å². The second kappa shape index (κ2) is 3.99. The minimum absolute atomic E-state index is 0.825. The van der Waals surface area contributed by atoms with Crippen LogP contribution in [0.15, 0.2) is 35.9 Å². The molecule has 0 amide bonds. The molecule has 0 atom stereocenters. The van der Waals surface area contributed by atoms with E-state index in [1.165, 1.54) is 10.8 Å². The molecule has 0 aliphatic heterocycles. The van der Waals surface area contributed by atoms with Crippen molar-refractivity contribution in [1.82, 2.24) is 0 Å². The van der Waals surface area contributed by atoms with E-state index in [9.17, 15) is 0 Å². The summed E-state index contributed by atoms with van der Waals surface area (Å²) in [5.41, 5.74) is 1.32. The molecule has 1 nitrogen and oxygen atoms in total. The minimum Gasteiger partial charge on any atom is -0.258 e. The van der Waals surface area contributed by atoms with Crippen LogP contribution in [0.2, 0.25) is 0 Å². The molecule has 0 saturated carbocycles. The fourth-order valence-electron chi connectivity index (χ4n) is 1.56. The van der Waals surface area contributed by atoms with Crippen LogP contribution in [0.5, 0.6) is 0 Å². The third kappa shape index (κ3) is 1.95. The van der Waals surface area contributed by atoms with Crippen molar-refractivity contribution >= 4 is 11.9 Å². The van der Waals surface area contributed by atoms with Crippen LogP contribution in [0, 0.1) is 11.8 Å². The van der Waals surface area contributed by atoms with E-state index >= 15 is 0 Å². The van der Waals surface area contributed by atoms with Crippen molar-refractivity contribution < 1.29 is 0 Å². The molecule has 1 aliphatic rings. The Bertz CT molecular complexity index is 467. The van der Waals surface area contributed by atoms with Crippen molar-refractivity contribution in [3.8, 4) is 0 Å². The van der Waals surface area contributed by atoms with E-state index in [-0.39, 0.29) is 0 Å². The predicted molar refractivity (Wildman–Crippen MR) is 58.6 cm³/mol. The average molecular weight is 182 g/mol.